The molecular formula is C31H27F5N4O7. The Morgan fingerprint density at radius 2 is 1.57 bits per heavy atom. The van der Waals surface area contributed by atoms with Gasteiger partial charge in [-0.05, 0) is 55.7 Å². The number of phenolic OH excluding ortho intramolecular Hbond substituents is 1. The Hall–Kier alpha value is -5.93. The van der Waals surface area contributed by atoms with E-state index in [0.29, 0.717) is 18.4 Å². The number of ether oxygens (including phenoxy) is 2. The summed E-state index contributed by atoms with van der Waals surface area (Å²) >= 11 is 0. The smallest absolute Gasteiger partial charge is 0.490 e. The Kier molecular flexibility index (Phi) is 11.6. The molecule has 0 aliphatic heterocycles. The number of hydrogen-bond donors (Lipinski definition) is 6. The first-order chi connectivity index (χ1) is 22.1. The Morgan fingerprint density at radius 3 is 2.15 bits per heavy atom. The minimum atomic E-state index is -5.08. The van der Waals surface area contributed by atoms with E-state index < -0.39 is 58.8 Å². The first-order valence-electron chi connectivity index (χ1n) is 13.4. The van der Waals surface area contributed by atoms with Crippen molar-refractivity contribution in [3.63, 3.8) is 0 Å². The van der Waals surface area contributed by atoms with Crippen LogP contribution in [0.25, 0.3) is 0 Å². The summed E-state index contributed by atoms with van der Waals surface area (Å²) in [5.74, 6) is -8.84. The number of hydrogen-bond acceptors (Lipinski definition) is 8. The van der Waals surface area contributed by atoms with E-state index >= 15 is 8.78 Å². The van der Waals surface area contributed by atoms with Gasteiger partial charge in [0.2, 0.25) is 11.6 Å². The van der Waals surface area contributed by atoms with E-state index in [9.17, 15) is 28.2 Å². The van der Waals surface area contributed by atoms with E-state index in [1.807, 2.05) is 30.3 Å². The van der Waals surface area contributed by atoms with E-state index in [4.69, 9.17) is 30.5 Å². The molecular weight excluding hydrogens is 635 g/mol. The van der Waals surface area contributed by atoms with Crippen LogP contribution in [-0.4, -0.2) is 50.3 Å². The molecule has 3 aromatic carbocycles. The lowest BCUT2D eigenvalue weighted by atomic mass is 10.1. The van der Waals surface area contributed by atoms with Crippen LogP contribution in [0.2, 0.25) is 0 Å². The van der Waals surface area contributed by atoms with Gasteiger partial charge in [-0.2, -0.15) is 26.9 Å². The molecule has 47 heavy (non-hydrogen) atoms. The highest BCUT2D eigenvalue weighted by Crippen LogP contribution is 2.38. The quantitative estimate of drug-likeness (QED) is 0.0573. The molecule has 1 atom stereocenters. The maximum Gasteiger partial charge on any atom is 0.490 e. The number of aromatic nitrogens is 1. The van der Waals surface area contributed by atoms with Crippen molar-refractivity contribution in [3.05, 3.63) is 101 Å². The highest BCUT2D eigenvalue weighted by molar-refractivity contribution is 5.95. The maximum atomic E-state index is 15.7. The van der Waals surface area contributed by atoms with Gasteiger partial charge in [0.1, 0.15) is 34.3 Å². The number of nitrogens with two attached hydrogens (primary N) is 1. The monoisotopic (exact) mass is 662 g/mol. The number of nitrogens with zero attached hydrogens (tertiary/aromatic N) is 1. The number of carboxylic acids is 2. The number of alkyl halides is 3. The zero-order valence-corrected chi connectivity index (χ0v) is 24.3. The summed E-state index contributed by atoms with van der Waals surface area (Å²) in [7, 11) is 0. The van der Waals surface area contributed by atoms with Crippen LogP contribution in [0.4, 0.5) is 27.6 Å². The zero-order valence-electron chi connectivity index (χ0n) is 24.3. The van der Waals surface area contributed by atoms with Crippen LogP contribution in [0.1, 0.15) is 34.8 Å². The third-order valence-electron chi connectivity index (χ3n) is 6.12. The SMILES string of the molecule is CC(CCc1ccccc1)Nc1c(F)c(Oc2cccc(C(=N)N)c2)nc(Oc2ccc(O)cc2C(=O)O)c1F.O=C(O)C(F)(F)F. The van der Waals surface area contributed by atoms with Crippen molar-refractivity contribution in [2.45, 2.75) is 32.0 Å². The van der Waals surface area contributed by atoms with Crippen molar-refractivity contribution in [1.29, 1.82) is 5.41 Å². The number of nitrogen functional groups attached to an aromatic ring is 1. The fraction of sp³-hybridized carbons (Fsp3) is 0.161. The Bertz CT molecular complexity index is 1750. The summed E-state index contributed by atoms with van der Waals surface area (Å²) in [6.07, 6.45) is -3.91. The molecule has 1 heterocycles. The second-order valence-corrected chi connectivity index (χ2v) is 9.73. The summed E-state index contributed by atoms with van der Waals surface area (Å²) < 4.78 is 74.1. The van der Waals surface area contributed by atoms with Gasteiger partial charge in [-0.25, -0.2) is 9.59 Å². The van der Waals surface area contributed by atoms with E-state index in [1.165, 1.54) is 18.2 Å². The number of rotatable bonds is 11. The zero-order chi connectivity index (χ0) is 34.9. The number of aromatic carboxylic acids is 1. The van der Waals surface area contributed by atoms with Crippen molar-refractivity contribution in [3.8, 4) is 29.0 Å². The average molecular weight is 663 g/mol. The minimum absolute atomic E-state index is 0.0654. The molecule has 0 spiro atoms. The Balaban J connectivity index is 0.000000771. The van der Waals surface area contributed by atoms with Crippen molar-refractivity contribution in [2.75, 3.05) is 5.32 Å². The van der Waals surface area contributed by atoms with Crippen molar-refractivity contribution >= 4 is 23.5 Å². The number of anilines is 1. The predicted octanol–water partition coefficient (Wildman–Crippen LogP) is 6.70. The van der Waals surface area contributed by atoms with Gasteiger partial charge in [0.25, 0.3) is 11.8 Å². The van der Waals surface area contributed by atoms with E-state index in [0.717, 1.165) is 23.8 Å². The Morgan fingerprint density at radius 1 is 0.957 bits per heavy atom. The summed E-state index contributed by atoms with van der Waals surface area (Å²) in [6, 6.07) is 18.3. The molecule has 0 amide bonds. The number of pyridine rings is 1. The molecule has 4 rings (SSSR count). The second-order valence-electron chi connectivity index (χ2n) is 9.73. The molecule has 0 radical (unpaired) electrons. The lowest BCUT2D eigenvalue weighted by Gasteiger charge is -2.19. The summed E-state index contributed by atoms with van der Waals surface area (Å²) in [5, 5.41) is 36.7. The molecule has 1 aromatic heterocycles. The lowest BCUT2D eigenvalue weighted by Crippen LogP contribution is -2.21. The predicted molar refractivity (Wildman–Crippen MR) is 158 cm³/mol. The number of carbonyl (C=O) groups is 2. The normalized spacial score (nSPS) is 11.4. The number of aromatic hydroxyl groups is 1. The molecule has 0 aliphatic rings. The molecule has 0 saturated carbocycles. The van der Waals surface area contributed by atoms with Gasteiger partial charge >= 0.3 is 18.1 Å². The molecule has 248 valence electrons. The van der Waals surface area contributed by atoms with Crippen LogP contribution in [0.5, 0.6) is 29.0 Å². The number of aryl methyl sites for hydroxylation is 1. The van der Waals surface area contributed by atoms with Crippen LogP contribution in [0.3, 0.4) is 0 Å². The molecule has 0 bridgehead atoms. The standard InChI is InChI=1S/C29H26F2N4O5.C2HF3O2/c1-16(10-11-17-6-3-2-4-7-17)34-25-23(30)27(39-20-9-5-8-18(14-20)26(32)33)35-28(24(25)31)40-22-13-12-19(36)15-21(22)29(37)38;3-2(4,5)1(6)7/h2-9,12-16,36H,10-11H2,1H3,(H3,32,33)(H,34,35)(H,37,38);(H,6,7). The molecule has 0 fully saturated rings. The molecule has 0 saturated heterocycles. The number of carboxylic acid groups (broad SMARTS) is 2. The fourth-order valence-corrected chi connectivity index (χ4v) is 3.83. The maximum absolute atomic E-state index is 15.7. The van der Waals surface area contributed by atoms with Gasteiger partial charge in [-0.3, -0.25) is 5.41 Å². The number of nitrogens with one attached hydrogen (secondary N) is 2. The van der Waals surface area contributed by atoms with Gasteiger partial charge < -0.3 is 35.8 Å². The molecule has 0 aliphatic carbocycles. The lowest BCUT2D eigenvalue weighted by molar-refractivity contribution is -0.192. The second kappa shape index (κ2) is 15.4. The van der Waals surface area contributed by atoms with E-state index in [1.54, 1.807) is 13.0 Å². The van der Waals surface area contributed by atoms with Crippen molar-refractivity contribution in [2.24, 2.45) is 5.73 Å². The average Bonchev–Trinajstić information content (AvgIpc) is 3.01. The topological polar surface area (TPSA) is 188 Å². The van der Waals surface area contributed by atoms with Gasteiger partial charge in [-0.1, -0.05) is 42.5 Å². The highest BCUT2D eigenvalue weighted by atomic mass is 19.4. The summed E-state index contributed by atoms with van der Waals surface area (Å²) in [4.78, 5) is 24.4. The molecule has 1 unspecified atom stereocenters. The van der Waals surface area contributed by atoms with Crippen molar-refractivity contribution in [1.82, 2.24) is 4.98 Å². The molecule has 7 N–H and O–H groups in total. The first-order valence-corrected chi connectivity index (χ1v) is 13.4. The number of phenols is 1. The molecule has 16 heteroatoms. The first kappa shape index (κ1) is 35.5. The van der Waals surface area contributed by atoms with Gasteiger partial charge in [0.05, 0.1) is 0 Å². The summed E-state index contributed by atoms with van der Waals surface area (Å²) in [6.45, 7) is 1.75. The van der Waals surface area contributed by atoms with Gasteiger partial charge in [0, 0.05) is 11.6 Å². The van der Waals surface area contributed by atoms with E-state index in [-0.39, 0.29) is 23.1 Å². The van der Waals surface area contributed by atoms with Crippen LogP contribution in [-0.2, 0) is 11.2 Å². The minimum Gasteiger partial charge on any atom is -0.508 e. The van der Waals surface area contributed by atoms with Crippen molar-refractivity contribution < 1.29 is 56.3 Å². The number of aliphatic carboxylic acids is 1. The van der Waals surface area contributed by atoms with E-state index in [2.05, 4.69) is 10.3 Å². The van der Waals surface area contributed by atoms with Crippen LogP contribution in [0.15, 0.2) is 72.8 Å². The molecule has 11 nitrogen and oxygen atoms in total. The number of amidine groups is 1. The number of halogens is 5. The highest BCUT2D eigenvalue weighted by Gasteiger charge is 2.38. The van der Waals surface area contributed by atoms with Crippen LogP contribution in [0, 0.1) is 17.0 Å². The van der Waals surface area contributed by atoms with Gasteiger partial charge in [0.15, 0.2) is 0 Å². The fourth-order valence-electron chi connectivity index (χ4n) is 3.83. The molecule has 4 aromatic rings. The summed E-state index contributed by atoms with van der Waals surface area (Å²) in [5.41, 5.74) is 5.84. The third-order valence-corrected chi connectivity index (χ3v) is 6.12. The third kappa shape index (κ3) is 10.0. The Labute approximate surface area is 263 Å². The number of benzene rings is 3. The largest absolute Gasteiger partial charge is 0.508 e. The van der Waals surface area contributed by atoms with Crippen LogP contribution < -0.4 is 20.5 Å². The van der Waals surface area contributed by atoms with Gasteiger partial charge in [-0.15, -0.1) is 0 Å². The van der Waals surface area contributed by atoms with Crippen LogP contribution >= 0.6 is 0 Å².